The molecule has 0 aliphatic carbocycles. The number of rotatable bonds is 7. The van der Waals surface area contributed by atoms with Crippen LogP contribution in [0.1, 0.15) is 17.3 Å². The molecule has 0 saturated carbocycles. The van der Waals surface area contributed by atoms with E-state index in [1.807, 2.05) is 6.07 Å². The zero-order chi connectivity index (χ0) is 14.3. The molecule has 7 heteroatoms. The Balaban J connectivity index is 2.39. The van der Waals surface area contributed by atoms with Gasteiger partial charge < -0.3 is 5.32 Å². The molecule has 0 aliphatic rings. The van der Waals surface area contributed by atoms with Crippen LogP contribution in [0.3, 0.4) is 0 Å². The molecule has 0 saturated heterocycles. The first-order valence-corrected chi connectivity index (χ1v) is 7.54. The lowest BCUT2D eigenvalue weighted by Gasteiger charge is -2.18. The number of hydrogen-bond donors (Lipinski definition) is 2. The van der Waals surface area contributed by atoms with Gasteiger partial charge in [0.2, 0.25) is 0 Å². The van der Waals surface area contributed by atoms with Gasteiger partial charge >= 0.3 is 0 Å². The lowest BCUT2D eigenvalue weighted by Crippen LogP contribution is -2.37. The number of nitrogens with one attached hydrogen (secondary N) is 1. The van der Waals surface area contributed by atoms with Gasteiger partial charge in [-0.25, -0.2) is 0 Å². The van der Waals surface area contributed by atoms with Crippen molar-refractivity contribution in [3.63, 3.8) is 0 Å². The van der Waals surface area contributed by atoms with Crippen LogP contribution in [0.15, 0.2) is 30.3 Å². The number of benzene rings is 1. The van der Waals surface area contributed by atoms with Gasteiger partial charge in [0.05, 0.1) is 0 Å². The van der Waals surface area contributed by atoms with Crippen LogP contribution < -0.4 is 5.32 Å². The van der Waals surface area contributed by atoms with E-state index in [4.69, 9.17) is 4.55 Å². The van der Waals surface area contributed by atoms with Gasteiger partial charge in [-0.3, -0.25) is 14.2 Å². The van der Waals surface area contributed by atoms with Crippen LogP contribution in [-0.2, 0) is 10.1 Å². The summed E-state index contributed by atoms with van der Waals surface area (Å²) in [6.07, 6.45) is 0. The van der Waals surface area contributed by atoms with Crippen molar-refractivity contribution in [1.82, 2.24) is 10.2 Å². The van der Waals surface area contributed by atoms with E-state index < -0.39 is 16.0 Å². The van der Waals surface area contributed by atoms with Crippen LogP contribution in [0.4, 0.5) is 0 Å². The van der Waals surface area contributed by atoms with Crippen molar-refractivity contribution in [2.24, 2.45) is 0 Å². The normalized spacial score (nSPS) is 11.5. The molecule has 1 amide bonds. The van der Waals surface area contributed by atoms with Crippen molar-refractivity contribution in [1.29, 1.82) is 0 Å². The Labute approximate surface area is 113 Å². The Morgan fingerprint density at radius 3 is 2.47 bits per heavy atom. The number of hydrogen-bond acceptors (Lipinski definition) is 4. The molecular weight excluding hydrogens is 268 g/mol. The van der Waals surface area contributed by atoms with Gasteiger partial charge in [0.25, 0.3) is 16.0 Å². The standard InChI is InChI=1S/C12H18N2O4S/c1-2-14(10-19(16,17)18)9-8-13-12(15)11-6-4-3-5-7-11/h3-7H,2,8-10H2,1H3,(H,13,15)(H,16,17,18). The molecule has 6 nitrogen and oxygen atoms in total. The van der Waals surface area contributed by atoms with E-state index in [0.29, 0.717) is 25.2 Å². The highest BCUT2D eigenvalue weighted by atomic mass is 32.2. The number of nitrogens with zero attached hydrogens (tertiary/aromatic N) is 1. The Morgan fingerprint density at radius 1 is 1.32 bits per heavy atom. The fourth-order valence-corrected chi connectivity index (χ4v) is 2.34. The summed E-state index contributed by atoms with van der Waals surface area (Å²) in [5, 5.41) is 2.69. The molecule has 0 bridgehead atoms. The Morgan fingerprint density at radius 2 is 1.95 bits per heavy atom. The first-order valence-electron chi connectivity index (χ1n) is 5.93. The van der Waals surface area contributed by atoms with Gasteiger partial charge in [-0.2, -0.15) is 8.42 Å². The van der Waals surface area contributed by atoms with Gasteiger partial charge in [0, 0.05) is 18.7 Å². The monoisotopic (exact) mass is 286 g/mol. The third-order valence-corrected chi connectivity index (χ3v) is 3.23. The molecule has 0 spiro atoms. The van der Waals surface area contributed by atoms with Crippen molar-refractivity contribution in [2.75, 3.05) is 25.5 Å². The first kappa shape index (κ1) is 15.6. The third-order valence-electron chi connectivity index (χ3n) is 2.54. The maximum atomic E-state index is 11.7. The predicted molar refractivity (Wildman–Crippen MR) is 72.4 cm³/mol. The van der Waals surface area contributed by atoms with E-state index in [0.717, 1.165) is 0 Å². The van der Waals surface area contributed by atoms with E-state index in [2.05, 4.69) is 5.32 Å². The molecule has 0 unspecified atom stereocenters. The lowest BCUT2D eigenvalue weighted by atomic mass is 10.2. The molecule has 0 atom stereocenters. The second-order valence-electron chi connectivity index (χ2n) is 4.04. The zero-order valence-electron chi connectivity index (χ0n) is 10.7. The number of likely N-dealkylation sites (N-methyl/N-ethyl adjacent to an activating group) is 1. The average Bonchev–Trinajstić information content (AvgIpc) is 2.37. The maximum absolute atomic E-state index is 11.7. The SMILES string of the molecule is CCN(CCNC(=O)c1ccccc1)CS(=O)(=O)O. The van der Waals surface area contributed by atoms with E-state index in [9.17, 15) is 13.2 Å². The average molecular weight is 286 g/mol. The predicted octanol–water partition coefficient (Wildman–Crippen LogP) is 0.584. The minimum atomic E-state index is -4.03. The van der Waals surface area contributed by atoms with Crippen LogP contribution >= 0.6 is 0 Å². The summed E-state index contributed by atoms with van der Waals surface area (Å²) in [5.41, 5.74) is 0.556. The van der Waals surface area contributed by atoms with Crippen LogP contribution in [0.25, 0.3) is 0 Å². The smallest absolute Gasteiger partial charge is 0.278 e. The highest BCUT2D eigenvalue weighted by Crippen LogP contribution is 1.98. The van der Waals surface area contributed by atoms with E-state index >= 15 is 0 Å². The quantitative estimate of drug-likeness (QED) is 0.716. The molecule has 0 radical (unpaired) electrons. The van der Waals surface area contributed by atoms with Gasteiger partial charge in [0.15, 0.2) is 0 Å². The Hall–Kier alpha value is -1.44. The molecule has 19 heavy (non-hydrogen) atoms. The van der Waals surface area contributed by atoms with Crippen molar-refractivity contribution < 1.29 is 17.8 Å². The summed E-state index contributed by atoms with van der Waals surface area (Å²) in [6, 6.07) is 8.76. The Kier molecular flexibility index (Phi) is 5.94. The highest BCUT2D eigenvalue weighted by Gasteiger charge is 2.12. The van der Waals surface area contributed by atoms with Crippen molar-refractivity contribution in [3.05, 3.63) is 35.9 Å². The maximum Gasteiger partial charge on any atom is 0.278 e. The zero-order valence-corrected chi connectivity index (χ0v) is 11.6. The summed E-state index contributed by atoms with van der Waals surface area (Å²) in [7, 11) is -4.03. The number of carbonyl (C=O) groups is 1. The van der Waals surface area contributed by atoms with Crippen molar-refractivity contribution >= 4 is 16.0 Å². The molecule has 1 rings (SSSR count). The van der Waals surface area contributed by atoms with E-state index in [-0.39, 0.29) is 5.91 Å². The van der Waals surface area contributed by atoms with Gasteiger partial charge in [-0.15, -0.1) is 0 Å². The molecule has 2 N–H and O–H groups in total. The fraction of sp³-hybridized carbons (Fsp3) is 0.417. The molecular formula is C12H18N2O4S. The van der Waals surface area contributed by atoms with Gasteiger partial charge in [-0.1, -0.05) is 25.1 Å². The number of amides is 1. The van der Waals surface area contributed by atoms with Gasteiger partial charge in [0.1, 0.15) is 5.88 Å². The van der Waals surface area contributed by atoms with Crippen LogP contribution in [0, 0.1) is 0 Å². The molecule has 0 fully saturated rings. The summed E-state index contributed by atoms with van der Waals surface area (Å²) in [4.78, 5) is 13.2. The Bertz CT molecular complexity index is 502. The minimum Gasteiger partial charge on any atom is -0.351 e. The van der Waals surface area contributed by atoms with Crippen LogP contribution in [-0.4, -0.2) is 49.3 Å². The van der Waals surface area contributed by atoms with E-state index in [1.165, 1.54) is 4.90 Å². The van der Waals surface area contributed by atoms with Crippen LogP contribution in [0.5, 0.6) is 0 Å². The minimum absolute atomic E-state index is 0.205. The van der Waals surface area contributed by atoms with Crippen molar-refractivity contribution in [2.45, 2.75) is 6.92 Å². The topological polar surface area (TPSA) is 86.7 Å². The molecule has 1 aromatic carbocycles. The summed E-state index contributed by atoms with van der Waals surface area (Å²) in [6.45, 7) is 2.93. The number of carbonyl (C=O) groups excluding carboxylic acids is 1. The van der Waals surface area contributed by atoms with Gasteiger partial charge in [-0.05, 0) is 18.7 Å². The van der Waals surface area contributed by atoms with Crippen LogP contribution in [0.2, 0.25) is 0 Å². The third kappa shape index (κ3) is 6.32. The molecule has 1 aromatic rings. The summed E-state index contributed by atoms with van der Waals surface area (Å²) >= 11 is 0. The largest absolute Gasteiger partial charge is 0.351 e. The molecule has 106 valence electrons. The second-order valence-corrected chi connectivity index (χ2v) is 5.47. The first-order chi connectivity index (χ1) is 8.92. The summed E-state index contributed by atoms with van der Waals surface area (Å²) in [5.74, 6) is -0.631. The van der Waals surface area contributed by atoms with Crippen molar-refractivity contribution in [3.8, 4) is 0 Å². The second kappa shape index (κ2) is 7.22. The molecule has 0 heterocycles. The highest BCUT2D eigenvalue weighted by molar-refractivity contribution is 7.85. The van der Waals surface area contributed by atoms with E-state index in [1.54, 1.807) is 31.2 Å². The molecule has 0 aromatic heterocycles. The molecule has 0 aliphatic heterocycles. The fourth-order valence-electron chi connectivity index (χ4n) is 1.56. The lowest BCUT2D eigenvalue weighted by molar-refractivity contribution is 0.0950. The summed E-state index contributed by atoms with van der Waals surface area (Å²) < 4.78 is 30.2.